The fourth-order valence-corrected chi connectivity index (χ4v) is 2.41. The van der Waals surface area contributed by atoms with Crippen molar-refractivity contribution in [2.75, 3.05) is 0 Å². The van der Waals surface area contributed by atoms with E-state index in [9.17, 15) is 8.78 Å². The van der Waals surface area contributed by atoms with Gasteiger partial charge in [-0.2, -0.15) is 0 Å². The van der Waals surface area contributed by atoms with E-state index in [-0.39, 0.29) is 11.0 Å². The van der Waals surface area contributed by atoms with Gasteiger partial charge in [-0.15, -0.1) is 0 Å². The van der Waals surface area contributed by atoms with Crippen molar-refractivity contribution in [1.29, 1.82) is 0 Å². The standard InChI is InChI=1S/C17H19F2N/c1-17(2,3)12-8-5-4-7-11(12)16(20)15-13(18)9-6-10-14(15)19/h4-10,16H,20H2,1-3H3. The van der Waals surface area contributed by atoms with Gasteiger partial charge in [0.15, 0.2) is 0 Å². The molecule has 0 bridgehead atoms. The van der Waals surface area contributed by atoms with Crippen LogP contribution >= 0.6 is 0 Å². The largest absolute Gasteiger partial charge is 0.320 e. The number of hydrogen-bond acceptors (Lipinski definition) is 1. The lowest BCUT2D eigenvalue weighted by Gasteiger charge is -2.26. The Balaban J connectivity index is 2.58. The maximum absolute atomic E-state index is 13.9. The van der Waals surface area contributed by atoms with Gasteiger partial charge >= 0.3 is 0 Å². The third-order valence-corrected chi connectivity index (χ3v) is 3.41. The molecule has 20 heavy (non-hydrogen) atoms. The molecule has 0 aliphatic heterocycles. The van der Waals surface area contributed by atoms with Gasteiger partial charge < -0.3 is 5.73 Å². The topological polar surface area (TPSA) is 26.0 Å². The average molecular weight is 275 g/mol. The van der Waals surface area contributed by atoms with Gasteiger partial charge in [0, 0.05) is 5.56 Å². The second-order valence-electron chi connectivity index (χ2n) is 5.95. The molecular formula is C17H19F2N. The maximum Gasteiger partial charge on any atom is 0.131 e. The lowest BCUT2D eigenvalue weighted by Crippen LogP contribution is -2.22. The van der Waals surface area contributed by atoms with Crippen LogP contribution in [0.2, 0.25) is 0 Å². The number of nitrogens with two attached hydrogens (primary N) is 1. The summed E-state index contributed by atoms with van der Waals surface area (Å²) in [6.07, 6.45) is 0. The first-order chi connectivity index (χ1) is 9.32. The smallest absolute Gasteiger partial charge is 0.131 e. The van der Waals surface area contributed by atoms with Crippen LogP contribution in [0, 0.1) is 11.6 Å². The van der Waals surface area contributed by atoms with Crippen LogP contribution in [0.5, 0.6) is 0 Å². The van der Waals surface area contributed by atoms with Crippen molar-refractivity contribution < 1.29 is 8.78 Å². The molecule has 0 fully saturated rings. The average Bonchev–Trinajstić information content (AvgIpc) is 2.37. The Bertz CT molecular complexity index is 594. The molecule has 0 radical (unpaired) electrons. The summed E-state index contributed by atoms with van der Waals surface area (Å²) in [5.74, 6) is -1.22. The summed E-state index contributed by atoms with van der Waals surface area (Å²) < 4.78 is 27.8. The lowest BCUT2D eigenvalue weighted by molar-refractivity contribution is 0.534. The highest BCUT2D eigenvalue weighted by Crippen LogP contribution is 2.33. The second-order valence-corrected chi connectivity index (χ2v) is 5.95. The molecule has 2 N–H and O–H groups in total. The Labute approximate surface area is 118 Å². The Morgan fingerprint density at radius 1 is 0.900 bits per heavy atom. The molecule has 1 unspecified atom stereocenters. The maximum atomic E-state index is 13.9. The quantitative estimate of drug-likeness (QED) is 0.868. The molecule has 1 atom stereocenters. The van der Waals surface area contributed by atoms with Crippen LogP contribution in [0.1, 0.15) is 43.5 Å². The third-order valence-electron chi connectivity index (χ3n) is 3.41. The van der Waals surface area contributed by atoms with E-state index in [1.54, 1.807) is 0 Å². The molecule has 0 spiro atoms. The zero-order chi connectivity index (χ0) is 14.9. The Kier molecular flexibility index (Phi) is 3.91. The highest BCUT2D eigenvalue weighted by Gasteiger charge is 2.24. The molecule has 0 aliphatic rings. The normalized spacial score (nSPS) is 13.3. The molecule has 106 valence electrons. The summed E-state index contributed by atoms with van der Waals surface area (Å²) in [7, 11) is 0. The number of hydrogen-bond donors (Lipinski definition) is 1. The summed E-state index contributed by atoms with van der Waals surface area (Å²) in [4.78, 5) is 0. The van der Waals surface area contributed by atoms with E-state index >= 15 is 0 Å². The molecule has 0 aliphatic carbocycles. The SMILES string of the molecule is CC(C)(C)c1ccccc1C(N)c1c(F)cccc1F. The van der Waals surface area contributed by atoms with Crippen LogP contribution < -0.4 is 5.73 Å². The summed E-state index contributed by atoms with van der Waals surface area (Å²) in [6, 6.07) is 10.5. The van der Waals surface area contributed by atoms with E-state index in [4.69, 9.17) is 5.73 Å². The fourth-order valence-electron chi connectivity index (χ4n) is 2.41. The Hall–Kier alpha value is -1.74. The molecule has 0 aromatic heterocycles. The predicted octanol–water partition coefficient (Wildman–Crippen LogP) is 4.31. The molecular weight excluding hydrogens is 256 g/mol. The first kappa shape index (κ1) is 14.7. The summed E-state index contributed by atoms with van der Waals surface area (Å²) in [5, 5.41) is 0. The summed E-state index contributed by atoms with van der Waals surface area (Å²) >= 11 is 0. The van der Waals surface area contributed by atoms with Crippen molar-refractivity contribution in [2.24, 2.45) is 5.73 Å². The molecule has 2 rings (SSSR count). The minimum absolute atomic E-state index is 0.0794. The third kappa shape index (κ3) is 2.73. The molecule has 2 aromatic rings. The van der Waals surface area contributed by atoms with E-state index in [0.29, 0.717) is 0 Å². The van der Waals surface area contributed by atoms with Crippen molar-refractivity contribution in [3.05, 3.63) is 70.8 Å². The van der Waals surface area contributed by atoms with Gasteiger partial charge in [-0.25, -0.2) is 8.78 Å². The van der Waals surface area contributed by atoms with Crippen LogP contribution in [0.3, 0.4) is 0 Å². The number of rotatable bonds is 2. The first-order valence-corrected chi connectivity index (χ1v) is 6.61. The predicted molar refractivity (Wildman–Crippen MR) is 77.5 cm³/mol. The van der Waals surface area contributed by atoms with Gasteiger partial charge in [0.05, 0.1) is 6.04 Å². The van der Waals surface area contributed by atoms with Crippen molar-refractivity contribution in [3.8, 4) is 0 Å². The first-order valence-electron chi connectivity index (χ1n) is 6.61. The van der Waals surface area contributed by atoms with Crippen LogP contribution in [0.4, 0.5) is 8.78 Å². The molecule has 3 heteroatoms. The molecule has 0 saturated carbocycles. The minimum atomic E-state index is -0.813. The molecule has 0 heterocycles. The summed E-state index contributed by atoms with van der Waals surface area (Å²) in [6.45, 7) is 6.16. The Morgan fingerprint density at radius 2 is 1.45 bits per heavy atom. The van der Waals surface area contributed by atoms with Gasteiger partial charge in [-0.05, 0) is 28.7 Å². The van der Waals surface area contributed by atoms with Gasteiger partial charge in [0.2, 0.25) is 0 Å². The molecule has 2 aromatic carbocycles. The molecule has 0 amide bonds. The van der Waals surface area contributed by atoms with Crippen LogP contribution in [-0.2, 0) is 5.41 Å². The number of benzene rings is 2. The fraction of sp³-hybridized carbons (Fsp3) is 0.294. The van der Waals surface area contributed by atoms with Gasteiger partial charge in [-0.3, -0.25) is 0 Å². The van der Waals surface area contributed by atoms with Gasteiger partial charge in [-0.1, -0.05) is 51.1 Å². The van der Waals surface area contributed by atoms with Gasteiger partial charge in [0.25, 0.3) is 0 Å². The van der Waals surface area contributed by atoms with Crippen LogP contribution in [0.15, 0.2) is 42.5 Å². The van der Waals surface area contributed by atoms with E-state index in [1.165, 1.54) is 18.2 Å². The van der Waals surface area contributed by atoms with Crippen LogP contribution in [-0.4, -0.2) is 0 Å². The second kappa shape index (κ2) is 5.33. The van der Waals surface area contributed by atoms with E-state index < -0.39 is 17.7 Å². The number of halogens is 2. The van der Waals surface area contributed by atoms with Crippen molar-refractivity contribution in [3.63, 3.8) is 0 Å². The highest BCUT2D eigenvalue weighted by atomic mass is 19.1. The van der Waals surface area contributed by atoms with Crippen molar-refractivity contribution in [1.82, 2.24) is 0 Å². The molecule has 1 nitrogen and oxygen atoms in total. The monoisotopic (exact) mass is 275 g/mol. The van der Waals surface area contributed by atoms with Crippen molar-refractivity contribution >= 4 is 0 Å². The van der Waals surface area contributed by atoms with Crippen LogP contribution in [0.25, 0.3) is 0 Å². The van der Waals surface area contributed by atoms with Gasteiger partial charge in [0.1, 0.15) is 11.6 Å². The Morgan fingerprint density at radius 3 is 2.00 bits per heavy atom. The lowest BCUT2D eigenvalue weighted by atomic mass is 9.80. The minimum Gasteiger partial charge on any atom is -0.320 e. The highest BCUT2D eigenvalue weighted by molar-refractivity contribution is 5.41. The van der Waals surface area contributed by atoms with Crippen molar-refractivity contribution in [2.45, 2.75) is 32.2 Å². The van der Waals surface area contributed by atoms with E-state index in [0.717, 1.165) is 11.1 Å². The zero-order valence-corrected chi connectivity index (χ0v) is 12.0. The summed E-state index contributed by atoms with van der Waals surface area (Å²) in [5.41, 5.74) is 7.66. The molecule has 0 saturated heterocycles. The van der Waals surface area contributed by atoms with E-state index in [1.807, 2.05) is 24.3 Å². The zero-order valence-electron chi connectivity index (χ0n) is 12.0. The van der Waals surface area contributed by atoms with E-state index in [2.05, 4.69) is 20.8 Å².